The molecule has 0 radical (unpaired) electrons. The number of nitrogens with zero attached hydrogens (tertiary/aromatic N) is 1. The van der Waals surface area contributed by atoms with Gasteiger partial charge in [-0.3, -0.25) is 9.78 Å². The molecule has 2 N–H and O–H groups in total. The van der Waals surface area contributed by atoms with Crippen molar-refractivity contribution in [2.75, 3.05) is 11.9 Å². The van der Waals surface area contributed by atoms with Crippen molar-refractivity contribution >= 4 is 36.4 Å². The van der Waals surface area contributed by atoms with Crippen LogP contribution in [0.25, 0.3) is 0 Å². The van der Waals surface area contributed by atoms with Crippen LogP contribution < -0.4 is 10.6 Å². The first-order valence-corrected chi connectivity index (χ1v) is 6.90. The summed E-state index contributed by atoms with van der Waals surface area (Å²) in [5.41, 5.74) is 1.48. The van der Waals surface area contributed by atoms with Crippen LogP contribution in [0.1, 0.15) is 46.1 Å². The highest BCUT2D eigenvalue weighted by atomic mass is 35.5. The molecule has 122 valence electrons. The number of carbonyl (C=O) groups excluding carboxylic acids is 1. The molecule has 1 amide bonds. The number of pyridine rings is 1. The number of hydrogen-bond acceptors (Lipinski definition) is 3. The van der Waals surface area contributed by atoms with Gasteiger partial charge in [-0.15, -0.1) is 24.8 Å². The number of nitrogens with one attached hydrogen (secondary N) is 2. The van der Waals surface area contributed by atoms with Crippen LogP contribution in [0, 0.1) is 5.41 Å². The summed E-state index contributed by atoms with van der Waals surface area (Å²) in [6, 6.07) is 1.85. The minimum atomic E-state index is -0.393. The van der Waals surface area contributed by atoms with Gasteiger partial charge in [-0.25, -0.2) is 0 Å². The summed E-state index contributed by atoms with van der Waals surface area (Å²) in [6.07, 6.45) is 5.84. The number of hydrogen-bond donors (Lipinski definition) is 2. The van der Waals surface area contributed by atoms with Crippen LogP contribution in [0.2, 0.25) is 0 Å². The largest absolute Gasteiger partial charge is 0.325 e. The van der Waals surface area contributed by atoms with Gasteiger partial charge >= 0.3 is 0 Å². The molecule has 0 unspecified atom stereocenters. The van der Waals surface area contributed by atoms with E-state index < -0.39 is 5.41 Å². The lowest BCUT2D eigenvalue weighted by Crippen LogP contribution is -2.28. The monoisotopic (exact) mass is 335 g/mol. The fourth-order valence-electron chi connectivity index (χ4n) is 1.52. The Morgan fingerprint density at radius 1 is 1.29 bits per heavy atom. The number of rotatable bonds is 6. The van der Waals surface area contributed by atoms with Crippen LogP contribution in [0.4, 0.5) is 5.69 Å². The van der Waals surface area contributed by atoms with E-state index in [-0.39, 0.29) is 30.7 Å². The molecule has 6 heteroatoms. The average molecular weight is 336 g/mol. The van der Waals surface area contributed by atoms with Crippen molar-refractivity contribution in [3.8, 4) is 0 Å². The minimum absolute atomic E-state index is 0. The van der Waals surface area contributed by atoms with Gasteiger partial charge < -0.3 is 10.6 Å². The molecule has 0 atom stereocenters. The Labute approximate surface area is 140 Å². The number of amides is 1. The lowest BCUT2D eigenvalue weighted by atomic mass is 9.95. The fraction of sp³-hybridized carbons (Fsp3) is 0.600. The van der Waals surface area contributed by atoms with Crippen molar-refractivity contribution in [1.82, 2.24) is 10.3 Å². The third-order valence-corrected chi connectivity index (χ3v) is 2.86. The first-order valence-electron chi connectivity index (χ1n) is 6.90. The van der Waals surface area contributed by atoms with Crippen LogP contribution in [0.15, 0.2) is 18.5 Å². The highest BCUT2D eigenvalue weighted by molar-refractivity contribution is 5.95. The predicted molar refractivity (Wildman–Crippen MR) is 93.4 cm³/mol. The second kappa shape index (κ2) is 10.8. The summed E-state index contributed by atoms with van der Waals surface area (Å²) < 4.78 is 0. The third-order valence-electron chi connectivity index (χ3n) is 2.86. The van der Waals surface area contributed by atoms with E-state index in [0.717, 1.165) is 30.8 Å². The maximum atomic E-state index is 12.0. The number of unbranched alkanes of at least 4 members (excludes halogenated alkanes) is 1. The second-order valence-corrected chi connectivity index (χ2v) is 5.77. The first kappa shape index (κ1) is 22.4. The van der Waals surface area contributed by atoms with E-state index in [1.54, 1.807) is 12.4 Å². The van der Waals surface area contributed by atoms with Crippen LogP contribution >= 0.6 is 24.8 Å². The maximum absolute atomic E-state index is 12.0. The summed E-state index contributed by atoms with van der Waals surface area (Å²) in [5.74, 6) is 0.0218. The average Bonchev–Trinajstić information content (AvgIpc) is 2.35. The van der Waals surface area contributed by atoms with Gasteiger partial charge in [-0.05, 0) is 19.0 Å². The number of carbonyl (C=O) groups is 1. The lowest BCUT2D eigenvalue weighted by molar-refractivity contribution is -0.123. The smallest absolute Gasteiger partial charge is 0.229 e. The van der Waals surface area contributed by atoms with Gasteiger partial charge in [-0.2, -0.15) is 0 Å². The van der Waals surface area contributed by atoms with Gasteiger partial charge in [0.2, 0.25) is 5.91 Å². The fourth-order valence-corrected chi connectivity index (χ4v) is 1.52. The van der Waals surface area contributed by atoms with E-state index in [9.17, 15) is 4.79 Å². The first-order chi connectivity index (χ1) is 8.95. The summed E-state index contributed by atoms with van der Waals surface area (Å²) in [6.45, 7) is 9.60. The van der Waals surface area contributed by atoms with Crippen molar-refractivity contribution in [2.45, 2.75) is 47.1 Å². The Morgan fingerprint density at radius 2 is 1.95 bits per heavy atom. The second-order valence-electron chi connectivity index (χ2n) is 5.77. The van der Waals surface area contributed by atoms with Gasteiger partial charge in [0.1, 0.15) is 0 Å². The van der Waals surface area contributed by atoms with Crippen molar-refractivity contribution in [2.24, 2.45) is 5.41 Å². The normalized spacial score (nSPS) is 10.3. The van der Waals surface area contributed by atoms with Crippen molar-refractivity contribution in [3.63, 3.8) is 0 Å². The van der Waals surface area contributed by atoms with E-state index in [4.69, 9.17) is 0 Å². The number of halogens is 2. The Balaban J connectivity index is 0. The summed E-state index contributed by atoms with van der Waals surface area (Å²) >= 11 is 0. The molecule has 0 fully saturated rings. The van der Waals surface area contributed by atoms with Crippen LogP contribution in [-0.2, 0) is 11.3 Å². The lowest BCUT2D eigenvalue weighted by Gasteiger charge is -2.19. The van der Waals surface area contributed by atoms with E-state index >= 15 is 0 Å². The molecule has 0 aliphatic heterocycles. The van der Waals surface area contributed by atoms with E-state index in [0.29, 0.717) is 0 Å². The van der Waals surface area contributed by atoms with E-state index in [1.165, 1.54) is 6.42 Å². The van der Waals surface area contributed by atoms with Gasteiger partial charge in [0.15, 0.2) is 0 Å². The zero-order chi connectivity index (χ0) is 14.3. The molecule has 0 aromatic carbocycles. The molecule has 0 spiro atoms. The van der Waals surface area contributed by atoms with Gasteiger partial charge in [0.25, 0.3) is 0 Å². The van der Waals surface area contributed by atoms with Crippen molar-refractivity contribution < 1.29 is 4.79 Å². The molecule has 0 aliphatic carbocycles. The molecule has 0 saturated carbocycles. The van der Waals surface area contributed by atoms with Crippen molar-refractivity contribution in [1.29, 1.82) is 0 Å². The molecule has 1 aromatic heterocycles. The molecule has 0 aliphatic rings. The van der Waals surface area contributed by atoms with Crippen LogP contribution in [0.3, 0.4) is 0 Å². The quantitative estimate of drug-likeness (QED) is 0.777. The Bertz CT molecular complexity index is 420. The van der Waals surface area contributed by atoms with Crippen molar-refractivity contribution in [3.05, 3.63) is 24.0 Å². The predicted octanol–water partition coefficient (Wildman–Crippen LogP) is 3.80. The Kier molecular flexibility index (Phi) is 11.6. The minimum Gasteiger partial charge on any atom is -0.325 e. The Morgan fingerprint density at radius 3 is 2.52 bits per heavy atom. The summed E-state index contributed by atoms with van der Waals surface area (Å²) in [4.78, 5) is 16.1. The van der Waals surface area contributed by atoms with Gasteiger partial charge in [0.05, 0.1) is 0 Å². The Hall–Kier alpha value is -0.840. The maximum Gasteiger partial charge on any atom is 0.229 e. The molecule has 1 aromatic rings. The molecule has 0 bridgehead atoms. The van der Waals surface area contributed by atoms with E-state index in [2.05, 4.69) is 22.5 Å². The highest BCUT2D eigenvalue weighted by Gasteiger charge is 2.21. The molecule has 4 nitrogen and oxygen atoms in total. The van der Waals surface area contributed by atoms with E-state index in [1.807, 2.05) is 26.8 Å². The molecule has 21 heavy (non-hydrogen) atoms. The number of anilines is 1. The molecule has 0 saturated heterocycles. The molecule has 1 rings (SSSR count). The zero-order valence-electron chi connectivity index (χ0n) is 13.2. The van der Waals surface area contributed by atoms with Gasteiger partial charge in [0, 0.05) is 35.6 Å². The third kappa shape index (κ3) is 8.24. The summed E-state index contributed by atoms with van der Waals surface area (Å²) in [7, 11) is 0. The van der Waals surface area contributed by atoms with Crippen LogP contribution in [-0.4, -0.2) is 17.4 Å². The molecular weight excluding hydrogens is 309 g/mol. The van der Waals surface area contributed by atoms with Gasteiger partial charge in [-0.1, -0.05) is 34.1 Å². The topological polar surface area (TPSA) is 54.0 Å². The van der Waals surface area contributed by atoms with Crippen LogP contribution in [0.5, 0.6) is 0 Å². The molecule has 1 heterocycles. The standard InChI is InChI=1S/C15H25N3O.2ClH/c1-5-6-8-16-10-12-11-17-9-7-13(12)18-14(19)15(2,3)4;;/h7,9,11,16H,5-6,8,10H2,1-4H3,(H,17,18,19);2*1H. The number of aromatic nitrogens is 1. The SMILES string of the molecule is CCCCNCc1cnccc1NC(=O)C(C)(C)C.Cl.Cl. The summed E-state index contributed by atoms with van der Waals surface area (Å²) in [5, 5.41) is 6.34. The highest BCUT2D eigenvalue weighted by Crippen LogP contribution is 2.19. The molecular formula is C15H27Cl2N3O. The zero-order valence-corrected chi connectivity index (χ0v) is 14.9.